The minimum absolute atomic E-state index is 0.00779. The standard InChI is InChI=1S/C23H20N2O8/c1-2-3-12-24-20(27)18(26)17-19(13-8-10-14(11-9-13)25(31)32)33-23(30)16-7-5-4-6-15(16)22(28,29)21(17,23)24/h4-11,28-30H,2-3,12H2,1H3/t21-,23-/m0/s1. The molecule has 1 aliphatic carbocycles. The second kappa shape index (κ2) is 6.70. The molecule has 3 aliphatic rings. The molecule has 2 heterocycles. The number of carbonyl (C=O) groups is 2. The minimum Gasteiger partial charge on any atom is -0.454 e. The first kappa shape index (κ1) is 21.3. The molecule has 10 heteroatoms. The molecule has 0 saturated carbocycles. The third kappa shape index (κ3) is 2.32. The molecule has 33 heavy (non-hydrogen) atoms. The second-order valence-electron chi connectivity index (χ2n) is 8.32. The van der Waals surface area contributed by atoms with Gasteiger partial charge in [-0.25, -0.2) is 0 Å². The topological polar surface area (TPSA) is 150 Å². The number of ether oxygens (including phenoxy) is 1. The fourth-order valence-corrected chi connectivity index (χ4v) is 5.22. The molecule has 3 N–H and O–H groups in total. The molecule has 2 aromatic carbocycles. The maximum absolute atomic E-state index is 13.3. The van der Waals surface area contributed by atoms with Crippen LogP contribution in [0.1, 0.15) is 36.5 Å². The van der Waals surface area contributed by atoms with Gasteiger partial charge in [0.15, 0.2) is 0 Å². The lowest BCUT2D eigenvalue weighted by atomic mass is 9.78. The van der Waals surface area contributed by atoms with Gasteiger partial charge in [-0.2, -0.15) is 0 Å². The summed E-state index contributed by atoms with van der Waals surface area (Å²) >= 11 is 0. The fraction of sp³-hybridized carbons (Fsp3) is 0.304. The number of hydrogen-bond donors (Lipinski definition) is 3. The van der Waals surface area contributed by atoms with E-state index in [9.17, 15) is 35.0 Å². The van der Waals surface area contributed by atoms with Gasteiger partial charge in [0, 0.05) is 35.4 Å². The van der Waals surface area contributed by atoms with Gasteiger partial charge in [0.25, 0.3) is 23.2 Å². The highest BCUT2D eigenvalue weighted by molar-refractivity contribution is 6.48. The monoisotopic (exact) mass is 452 g/mol. The molecule has 170 valence electrons. The summed E-state index contributed by atoms with van der Waals surface area (Å²) in [5.41, 5.74) is -2.85. The number of nitro groups is 1. The maximum Gasteiger partial charge on any atom is 0.296 e. The fourth-order valence-electron chi connectivity index (χ4n) is 5.22. The van der Waals surface area contributed by atoms with E-state index < -0.39 is 33.7 Å². The van der Waals surface area contributed by atoms with Gasteiger partial charge in [-0.05, 0) is 18.6 Å². The third-order valence-corrected chi connectivity index (χ3v) is 6.65. The Morgan fingerprint density at radius 1 is 1.03 bits per heavy atom. The van der Waals surface area contributed by atoms with Crippen LogP contribution in [-0.4, -0.2) is 48.9 Å². The zero-order valence-corrected chi connectivity index (χ0v) is 17.5. The lowest BCUT2D eigenvalue weighted by molar-refractivity contribution is -0.384. The second-order valence-corrected chi connectivity index (χ2v) is 8.32. The van der Waals surface area contributed by atoms with Crippen molar-refractivity contribution in [3.63, 3.8) is 0 Å². The lowest BCUT2D eigenvalue weighted by Crippen LogP contribution is -2.66. The first-order valence-corrected chi connectivity index (χ1v) is 10.4. The van der Waals surface area contributed by atoms with Crippen LogP contribution in [0, 0.1) is 10.1 Å². The number of benzene rings is 2. The molecular formula is C23H20N2O8. The highest BCUT2D eigenvalue weighted by Gasteiger charge is 2.84. The van der Waals surface area contributed by atoms with Gasteiger partial charge < -0.3 is 25.0 Å². The van der Waals surface area contributed by atoms with Crippen LogP contribution in [0.2, 0.25) is 0 Å². The van der Waals surface area contributed by atoms with E-state index in [0.29, 0.717) is 12.8 Å². The summed E-state index contributed by atoms with van der Waals surface area (Å²) in [5, 5.41) is 45.9. The van der Waals surface area contributed by atoms with Crippen LogP contribution in [0.4, 0.5) is 5.69 Å². The number of likely N-dealkylation sites (tertiary alicyclic amines) is 1. The molecule has 2 aromatic rings. The zero-order valence-electron chi connectivity index (χ0n) is 17.5. The largest absolute Gasteiger partial charge is 0.454 e. The highest BCUT2D eigenvalue weighted by atomic mass is 16.6. The quantitative estimate of drug-likeness (QED) is 0.266. The number of carbonyl (C=O) groups excluding carboxylic acids is 2. The van der Waals surface area contributed by atoms with Crippen molar-refractivity contribution < 1.29 is 34.6 Å². The van der Waals surface area contributed by atoms with Gasteiger partial charge >= 0.3 is 0 Å². The van der Waals surface area contributed by atoms with Gasteiger partial charge in [-0.15, -0.1) is 0 Å². The van der Waals surface area contributed by atoms with Crippen molar-refractivity contribution in [2.45, 2.75) is 36.9 Å². The van der Waals surface area contributed by atoms with Gasteiger partial charge in [0.2, 0.25) is 11.3 Å². The number of Topliss-reactive ketones (excluding diaryl/α,β-unsaturated/α-hetero) is 1. The van der Waals surface area contributed by atoms with Crippen LogP contribution in [0.5, 0.6) is 0 Å². The number of non-ortho nitro benzene ring substituents is 1. The number of hydrogen-bond acceptors (Lipinski definition) is 8. The summed E-state index contributed by atoms with van der Waals surface area (Å²) in [6, 6.07) is 10.9. The number of nitro benzene ring substituents is 1. The van der Waals surface area contributed by atoms with E-state index in [1.807, 2.05) is 6.92 Å². The van der Waals surface area contributed by atoms with Crippen LogP contribution in [-0.2, 0) is 25.9 Å². The van der Waals surface area contributed by atoms with Crippen LogP contribution in [0.15, 0.2) is 54.1 Å². The van der Waals surface area contributed by atoms with E-state index in [-0.39, 0.29) is 40.3 Å². The normalized spacial score (nSPS) is 26.8. The SMILES string of the molecule is CCCCN1C(=O)C(=O)C2=C(c3ccc([N+](=O)[O-])cc3)O[C@@]3(O)c4ccccc4C(O)(O)[C@]213. The van der Waals surface area contributed by atoms with E-state index in [1.165, 1.54) is 42.5 Å². The number of aliphatic hydroxyl groups is 3. The average Bonchev–Trinajstić information content (AvgIpc) is 3.27. The van der Waals surface area contributed by atoms with Crippen LogP contribution >= 0.6 is 0 Å². The van der Waals surface area contributed by atoms with Crippen molar-refractivity contribution >= 4 is 23.1 Å². The van der Waals surface area contributed by atoms with Crippen molar-refractivity contribution in [3.8, 4) is 0 Å². The highest BCUT2D eigenvalue weighted by Crippen LogP contribution is 2.67. The molecule has 0 radical (unpaired) electrons. The summed E-state index contributed by atoms with van der Waals surface area (Å²) in [7, 11) is 0. The molecule has 0 aromatic heterocycles. The predicted molar refractivity (Wildman–Crippen MR) is 112 cm³/mol. The minimum atomic E-state index is -2.86. The molecule has 2 aliphatic heterocycles. The molecule has 1 fully saturated rings. The van der Waals surface area contributed by atoms with Crippen molar-refractivity contribution in [1.82, 2.24) is 4.90 Å². The summed E-state index contributed by atoms with van der Waals surface area (Å²) in [6.45, 7) is 1.84. The third-order valence-electron chi connectivity index (χ3n) is 6.65. The van der Waals surface area contributed by atoms with E-state index in [1.54, 1.807) is 6.07 Å². The maximum atomic E-state index is 13.3. The average molecular weight is 452 g/mol. The lowest BCUT2D eigenvalue weighted by Gasteiger charge is -2.45. The van der Waals surface area contributed by atoms with E-state index >= 15 is 0 Å². The molecule has 1 saturated heterocycles. The Bertz CT molecular complexity index is 1250. The number of unbranched alkanes of at least 4 members (excludes halogenated alkanes) is 1. The van der Waals surface area contributed by atoms with Crippen molar-refractivity contribution in [2.75, 3.05) is 6.54 Å². The molecule has 1 spiro atoms. The molecule has 0 unspecified atom stereocenters. The number of nitrogens with zero attached hydrogens (tertiary/aromatic N) is 2. The molecule has 10 nitrogen and oxygen atoms in total. The Morgan fingerprint density at radius 2 is 1.67 bits per heavy atom. The summed E-state index contributed by atoms with van der Waals surface area (Å²) in [4.78, 5) is 37.8. The molecular weight excluding hydrogens is 432 g/mol. The molecule has 5 rings (SSSR count). The van der Waals surface area contributed by atoms with Gasteiger partial charge in [0.1, 0.15) is 5.76 Å². The first-order valence-electron chi connectivity index (χ1n) is 10.4. The molecule has 1 amide bonds. The Kier molecular flexibility index (Phi) is 4.32. The van der Waals surface area contributed by atoms with Crippen molar-refractivity contribution in [2.24, 2.45) is 0 Å². The van der Waals surface area contributed by atoms with E-state index in [0.717, 1.165) is 4.90 Å². The Hall–Kier alpha value is -3.60. The van der Waals surface area contributed by atoms with E-state index in [2.05, 4.69) is 0 Å². The Balaban J connectivity index is 1.82. The smallest absolute Gasteiger partial charge is 0.296 e. The first-order chi connectivity index (χ1) is 15.6. The predicted octanol–water partition coefficient (Wildman–Crippen LogP) is 1.28. The van der Waals surface area contributed by atoms with Crippen LogP contribution in [0.3, 0.4) is 0 Å². The van der Waals surface area contributed by atoms with Crippen molar-refractivity contribution in [3.05, 3.63) is 80.9 Å². The Labute approximate surface area is 187 Å². The summed E-state index contributed by atoms with van der Waals surface area (Å²) in [5.74, 6) is -7.58. The number of amides is 1. The Morgan fingerprint density at radius 3 is 2.27 bits per heavy atom. The molecule has 0 bridgehead atoms. The molecule has 2 atom stereocenters. The van der Waals surface area contributed by atoms with Crippen molar-refractivity contribution in [1.29, 1.82) is 0 Å². The van der Waals surface area contributed by atoms with Gasteiger partial charge in [-0.3, -0.25) is 19.7 Å². The number of rotatable bonds is 5. The van der Waals surface area contributed by atoms with Crippen LogP contribution < -0.4 is 0 Å². The van der Waals surface area contributed by atoms with Crippen LogP contribution in [0.25, 0.3) is 5.76 Å². The van der Waals surface area contributed by atoms with Gasteiger partial charge in [-0.1, -0.05) is 37.6 Å². The van der Waals surface area contributed by atoms with Gasteiger partial charge in [0.05, 0.1) is 10.5 Å². The zero-order chi connectivity index (χ0) is 23.8. The van der Waals surface area contributed by atoms with E-state index in [4.69, 9.17) is 4.74 Å². The summed E-state index contributed by atoms with van der Waals surface area (Å²) in [6.07, 6.45) is 1.07. The number of fused-ring (bicyclic) bond motifs is 2. The summed E-state index contributed by atoms with van der Waals surface area (Å²) < 4.78 is 5.94. The number of ketones is 1.